The number of benzene rings is 1. The van der Waals surface area contributed by atoms with Crippen molar-refractivity contribution in [2.24, 2.45) is 5.10 Å². The molecule has 0 aliphatic carbocycles. The first-order valence-electron chi connectivity index (χ1n) is 6.88. The fourth-order valence-electron chi connectivity index (χ4n) is 1.74. The zero-order chi connectivity index (χ0) is 15.9. The van der Waals surface area contributed by atoms with Crippen molar-refractivity contribution >= 4 is 38.9 Å². The van der Waals surface area contributed by atoms with Crippen molar-refractivity contribution in [2.45, 2.75) is 20.3 Å². The van der Waals surface area contributed by atoms with Gasteiger partial charge >= 0.3 is 0 Å². The number of hydrogen-bond acceptors (Lipinski definition) is 4. The Balaban J connectivity index is 1.87. The third-order valence-corrected chi connectivity index (χ3v) is 4.59. The third-order valence-electron chi connectivity index (χ3n) is 2.99. The van der Waals surface area contributed by atoms with E-state index in [0.29, 0.717) is 5.75 Å². The zero-order valence-electron chi connectivity index (χ0n) is 12.4. The highest BCUT2D eigenvalue weighted by molar-refractivity contribution is 9.10. The Hall–Kier alpha value is -1.66. The normalized spacial score (nSPS) is 11.3. The van der Waals surface area contributed by atoms with Crippen LogP contribution >= 0.6 is 27.3 Å². The first-order valence-corrected chi connectivity index (χ1v) is 8.55. The number of amides is 1. The SMILES string of the molecule is CCc1ccc(OCC(=O)N/N=C(\C)c2cccs2)c(Br)c1. The summed E-state index contributed by atoms with van der Waals surface area (Å²) in [6.07, 6.45) is 0.954. The van der Waals surface area contributed by atoms with E-state index < -0.39 is 0 Å². The molecule has 2 rings (SSSR count). The number of nitrogens with zero attached hydrogens (tertiary/aromatic N) is 1. The molecule has 6 heteroatoms. The van der Waals surface area contributed by atoms with E-state index >= 15 is 0 Å². The molecular weight excluding hydrogens is 364 g/mol. The summed E-state index contributed by atoms with van der Waals surface area (Å²) in [5.74, 6) is 0.355. The minimum absolute atomic E-state index is 0.0781. The number of aryl methyl sites for hydroxylation is 1. The lowest BCUT2D eigenvalue weighted by Crippen LogP contribution is -2.25. The minimum Gasteiger partial charge on any atom is -0.483 e. The largest absolute Gasteiger partial charge is 0.483 e. The molecular formula is C16H17BrN2O2S. The van der Waals surface area contributed by atoms with Gasteiger partial charge in [0.2, 0.25) is 0 Å². The van der Waals surface area contributed by atoms with Crippen LogP contribution in [0.5, 0.6) is 5.75 Å². The predicted molar refractivity (Wildman–Crippen MR) is 93.7 cm³/mol. The van der Waals surface area contributed by atoms with E-state index in [0.717, 1.165) is 21.5 Å². The van der Waals surface area contributed by atoms with Gasteiger partial charge in [0.1, 0.15) is 5.75 Å². The Bertz CT molecular complexity index is 669. The standard InChI is InChI=1S/C16H17BrN2O2S/c1-3-12-6-7-14(13(17)9-12)21-10-16(20)19-18-11(2)15-5-4-8-22-15/h4-9H,3,10H2,1-2H3,(H,19,20)/b18-11+. The first kappa shape index (κ1) is 16.7. The topological polar surface area (TPSA) is 50.7 Å². The van der Waals surface area contributed by atoms with Crippen LogP contribution in [0.3, 0.4) is 0 Å². The summed E-state index contributed by atoms with van der Waals surface area (Å²) in [6.45, 7) is 3.86. The van der Waals surface area contributed by atoms with Gasteiger partial charge < -0.3 is 4.74 Å². The molecule has 1 N–H and O–H groups in total. The maximum atomic E-state index is 11.8. The van der Waals surface area contributed by atoms with Crippen LogP contribution in [0.2, 0.25) is 0 Å². The van der Waals surface area contributed by atoms with Gasteiger partial charge in [0, 0.05) is 4.88 Å². The van der Waals surface area contributed by atoms with Gasteiger partial charge in [-0.25, -0.2) is 5.43 Å². The summed E-state index contributed by atoms with van der Waals surface area (Å²) in [6, 6.07) is 9.74. The minimum atomic E-state index is -0.289. The van der Waals surface area contributed by atoms with Gasteiger partial charge in [-0.15, -0.1) is 11.3 Å². The van der Waals surface area contributed by atoms with Crippen molar-refractivity contribution in [3.8, 4) is 5.75 Å². The second-order valence-corrected chi connectivity index (χ2v) is 6.42. The van der Waals surface area contributed by atoms with Crippen LogP contribution in [0.1, 0.15) is 24.3 Å². The third kappa shape index (κ3) is 4.68. The number of rotatable bonds is 6. The molecule has 116 valence electrons. The first-order chi connectivity index (χ1) is 10.6. The number of nitrogens with one attached hydrogen (secondary N) is 1. The average Bonchev–Trinajstić information content (AvgIpc) is 3.05. The van der Waals surface area contributed by atoms with E-state index in [4.69, 9.17) is 4.74 Å². The Morgan fingerprint density at radius 3 is 2.86 bits per heavy atom. The molecule has 1 aromatic heterocycles. The number of hydrazone groups is 1. The highest BCUT2D eigenvalue weighted by atomic mass is 79.9. The Labute approximate surface area is 142 Å². The van der Waals surface area contributed by atoms with Crippen molar-refractivity contribution in [3.63, 3.8) is 0 Å². The van der Waals surface area contributed by atoms with Gasteiger partial charge in [0.25, 0.3) is 5.91 Å². The van der Waals surface area contributed by atoms with Crippen molar-refractivity contribution in [2.75, 3.05) is 6.61 Å². The fraction of sp³-hybridized carbons (Fsp3) is 0.250. The van der Waals surface area contributed by atoms with Crippen LogP contribution in [-0.2, 0) is 11.2 Å². The summed E-state index contributed by atoms with van der Waals surface area (Å²) < 4.78 is 6.34. The average molecular weight is 381 g/mol. The lowest BCUT2D eigenvalue weighted by atomic mass is 10.2. The quantitative estimate of drug-likeness (QED) is 0.608. The van der Waals surface area contributed by atoms with E-state index in [-0.39, 0.29) is 12.5 Å². The molecule has 4 nitrogen and oxygen atoms in total. The number of hydrogen-bond donors (Lipinski definition) is 1. The van der Waals surface area contributed by atoms with Crippen LogP contribution < -0.4 is 10.2 Å². The van der Waals surface area contributed by atoms with E-state index in [1.807, 2.05) is 42.6 Å². The summed E-state index contributed by atoms with van der Waals surface area (Å²) in [7, 11) is 0. The molecule has 0 atom stereocenters. The monoisotopic (exact) mass is 380 g/mol. The number of ether oxygens (including phenoxy) is 1. The highest BCUT2D eigenvalue weighted by Gasteiger charge is 2.06. The lowest BCUT2D eigenvalue weighted by molar-refractivity contribution is -0.123. The molecule has 1 amide bonds. The second-order valence-electron chi connectivity index (χ2n) is 4.62. The molecule has 0 fully saturated rings. The Kier molecular flexibility index (Phi) is 6.15. The van der Waals surface area contributed by atoms with Crippen molar-refractivity contribution < 1.29 is 9.53 Å². The number of carbonyl (C=O) groups is 1. The molecule has 0 bridgehead atoms. The molecule has 0 spiro atoms. The molecule has 0 radical (unpaired) electrons. The second kappa shape index (κ2) is 8.10. The van der Waals surface area contributed by atoms with Gasteiger partial charge in [-0.05, 0) is 58.4 Å². The molecule has 0 aliphatic heterocycles. The van der Waals surface area contributed by atoms with Crippen LogP contribution in [0, 0.1) is 0 Å². The van der Waals surface area contributed by atoms with Gasteiger partial charge in [-0.2, -0.15) is 5.10 Å². The van der Waals surface area contributed by atoms with Crippen molar-refractivity contribution in [3.05, 3.63) is 50.6 Å². The summed E-state index contributed by atoms with van der Waals surface area (Å²) in [5, 5.41) is 6.03. The van der Waals surface area contributed by atoms with Crippen LogP contribution in [0.4, 0.5) is 0 Å². The van der Waals surface area contributed by atoms with Gasteiger partial charge in [-0.3, -0.25) is 4.79 Å². The maximum absolute atomic E-state index is 11.8. The Morgan fingerprint density at radius 1 is 1.41 bits per heavy atom. The van der Waals surface area contributed by atoms with Crippen LogP contribution in [0.25, 0.3) is 0 Å². The lowest BCUT2D eigenvalue weighted by Gasteiger charge is -2.08. The molecule has 0 unspecified atom stereocenters. The van der Waals surface area contributed by atoms with E-state index in [9.17, 15) is 4.79 Å². The van der Waals surface area contributed by atoms with Crippen molar-refractivity contribution in [1.82, 2.24) is 5.43 Å². The van der Waals surface area contributed by atoms with Gasteiger partial charge in [-0.1, -0.05) is 19.1 Å². The molecule has 1 aromatic carbocycles. The molecule has 2 aromatic rings. The van der Waals surface area contributed by atoms with Gasteiger partial charge in [0.15, 0.2) is 6.61 Å². The fourth-order valence-corrected chi connectivity index (χ4v) is 2.96. The van der Waals surface area contributed by atoms with Gasteiger partial charge in [0.05, 0.1) is 10.2 Å². The van der Waals surface area contributed by atoms with E-state index in [2.05, 4.69) is 33.4 Å². The smallest absolute Gasteiger partial charge is 0.277 e. The van der Waals surface area contributed by atoms with Crippen LogP contribution in [0.15, 0.2) is 45.3 Å². The summed E-state index contributed by atoms with van der Waals surface area (Å²) in [5.41, 5.74) is 4.48. The van der Waals surface area contributed by atoms with E-state index in [1.54, 1.807) is 11.3 Å². The molecule has 0 aliphatic rings. The summed E-state index contributed by atoms with van der Waals surface area (Å²) >= 11 is 5.02. The molecule has 0 saturated heterocycles. The van der Waals surface area contributed by atoms with Crippen molar-refractivity contribution in [1.29, 1.82) is 0 Å². The van der Waals surface area contributed by atoms with Crippen LogP contribution in [-0.4, -0.2) is 18.2 Å². The highest BCUT2D eigenvalue weighted by Crippen LogP contribution is 2.26. The molecule has 0 saturated carbocycles. The zero-order valence-corrected chi connectivity index (χ0v) is 14.8. The number of carbonyl (C=O) groups excluding carboxylic acids is 1. The molecule has 1 heterocycles. The number of halogens is 1. The van der Waals surface area contributed by atoms with E-state index in [1.165, 1.54) is 5.56 Å². The maximum Gasteiger partial charge on any atom is 0.277 e. The number of thiophene rings is 1. The Morgan fingerprint density at radius 2 is 2.23 bits per heavy atom. The molecule has 22 heavy (non-hydrogen) atoms. The summed E-state index contributed by atoms with van der Waals surface area (Å²) in [4.78, 5) is 12.8. The predicted octanol–water partition coefficient (Wildman–Crippen LogP) is 3.99.